The molecule has 2 aromatic carbocycles. The Kier molecular flexibility index (Phi) is 6.25. The van der Waals surface area contributed by atoms with E-state index in [1.54, 1.807) is 6.07 Å². The molecule has 0 amide bonds. The Morgan fingerprint density at radius 3 is 2.28 bits per heavy atom. The van der Waals surface area contributed by atoms with Crippen LogP contribution in [0, 0.1) is 5.82 Å². The molecule has 0 bridgehead atoms. The Balaban J connectivity index is 2.01. The number of hydrogen-bond acceptors (Lipinski definition) is 7. The lowest BCUT2D eigenvalue weighted by Crippen LogP contribution is -2.31. The third-order valence-electron chi connectivity index (χ3n) is 4.37. The average Bonchev–Trinajstić information content (AvgIpc) is 2.72. The van der Waals surface area contributed by atoms with Gasteiger partial charge in [-0.2, -0.15) is 0 Å². The van der Waals surface area contributed by atoms with E-state index in [2.05, 4.69) is 14.2 Å². The summed E-state index contributed by atoms with van der Waals surface area (Å²) in [5.74, 6) is -1.40. The minimum absolute atomic E-state index is 0.110. The van der Waals surface area contributed by atoms with Gasteiger partial charge in [-0.05, 0) is 54.1 Å². The van der Waals surface area contributed by atoms with Crippen molar-refractivity contribution >= 4 is 33.7 Å². The van der Waals surface area contributed by atoms with Crippen molar-refractivity contribution in [3.8, 4) is 0 Å². The lowest BCUT2D eigenvalue weighted by atomic mass is 10.0. The van der Waals surface area contributed by atoms with Gasteiger partial charge in [0, 0.05) is 10.9 Å². The van der Waals surface area contributed by atoms with Crippen LogP contribution in [0.3, 0.4) is 0 Å². The van der Waals surface area contributed by atoms with Crippen molar-refractivity contribution in [1.29, 1.82) is 0 Å². The van der Waals surface area contributed by atoms with Gasteiger partial charge in [0.2, 0.25) is 10.0 Å². The zero-order valence-corrected chi connectivity index (χ0v) is 17.2. The number of ether oxygens (including phenoxy) is 2. The van der Waals surface area contributed by atoms with Gasteiger partial charge in [0.05, 0.1) is 30.2 Å². The molecule has 0 aliphatic carbocycles. The van der Waals surface area contributed by atoms with Crippen LogP contribution in [-0.2, 0) is 19.5 Å². The molecule has 10 heteroatoms. The number of methoxy groups -OCH3 is 2. The predicted molar refractivity (Wildman–Crippen MR) is 104 cm³/mol. The lowest BCUT2D eigenvalue weighted by Gasteiger charge is -2.26. The summed E-state index contributed by atoms with van der Waals surface area (Å²) in [6.07, 6.45) is 0.459. The van der Waals surface area contributed by atoms with Crippen molar-refractivity contribution in [2.75, 3.05) is 20.0 Å². The number of benzene rings is 2. The highest BCUT2D eigenvalue weighted by atomic mass is 32.2. The van der Waals surface area contributed by atoms with Crippen LogP contribution in [0.4, 0.5) is 4.39 Å². The zero-order valence-electron chi connectivity index (χ0n) is 15.6. The number of rotatable bonds is 5. The third kappa shape index (κ3) is 4.60. The standard InChI is InChI=1S/C19H18FNO6S2/c1-26-18(22)11-7-12(19(23)27-2)9-14(8-11)29(24,25)21-16-5-6-28-17-4-3-13(20)10-15(16)17/h3-4,7-10,16,21H,5-6H2,1-2H3/t16-/m1/s1. The van der Waals surface area contributed by atoms with Crippen LogP contribution in [0.15, 0.2) is 46.2 Å². The fraction of sp³-hybridized carbons (Fsp3) is 0.263. The molecule has 0 radical (unpaired) electrons. The van der Waals surface area contributed by atoms with Crippen molar-refractivity contribution in [1.82, 2.24) is 4.72 Å². The predicted octanol–water partition coefficient (Wildman–Crippen LogP) is 2.91. The van der Waals surface area contributed by atoms with E-state index in [-0.39, 0.29) is 16.0 Å². The largest absolute Gasteiger partial charge is 0.465 e. The number of halogens is 1. The van der Waals surface area contributed by atoms with E-state index in [4.69, 9.17) is 0 Å². The first-order chi connectivity index (χ1) is 13.7. The highest BCUT2D eigenvalue weighted by Crippen LogP contribution is 2.37. The summed E-state index contributed by atoms with van der Waals surface area (Å²) < 4.78 is 51.5. The summed E-state index contributed by atoms with van der Waals surface area (Å²) in [5, 5.41) is 0. The molecule has 1 aliphatic rings. The lowest BCUT2D eigenvalue weighted by molar-refractivity contribution is 0.0598. The molecule has 3 rings (SSSR count). The van der Waals surface area contributed by atoms with Gasteiger partial charge in [-0.1, -0.05) is 0 Å². The van der Waals surface area contributed by atoms with E-state index >= 15 is 0 Å². The molecule has 0 saturated heterocycles. The molecule has 0 fully saturated rings. The van der Waals surface area contributed by atoms with E-state index in [0.29, 0.717) is 17.7 Å². The van der Waals surface area contributed by atoms with Crippen LogP contribution in [-0.4, -0.2) is 40.3 Å². The van der Waals surface area contributed by atoms with Crippen LogP contribution in [0.1, 0.15) is 38.7 Å². The Morgan fingerprint density at radius 2 is 1.69 bits per heavy atom. The first-order valence-corrected chi connectivity index (χ1v) is 11.0. The third-order valence-corrected chi connectivity index (χ3v) is 6.94. The number of esters is 2. The van der Waals surface area contributed by atoms with Crippen LogP contribution < -0.4 is 4.72 Å². The average molecular weight is 439 g/mol. The van der Waals surface area contributed by atoms with Gasteiger partial charge in [0.1, 0.15) is 5.82 Å². The van der Waals surface area contributed by atoms with E-state index in [1.165, 1.54) is 30.0 Å². The van der Waals surface area contributed by atoms with E-state index in [9.17, 15) is 22.4 Å². The molecular weight excluding hydrogens is 421 g/mol. The first kappa shape index (κ1) is 21.3. The molecule has 1 heterocycles. The first-order valence-electron chi connectivity index (χ1n) is 8.51. The molecule has 0 saturated carbocycles. The molecule has 1 aliphatic heterocycles. The molecule has 1 N–H and O–H groups in total. The molecule has 29 heavy (non-hydrogen) atoms. The second-order valence-corrected chi connectivity index (χ2v) is 9.07. The number of fused-ring (bicyclic) bond motifs is 1. The van der Waals surface area contributed by atoms with Gasteiger partial charge in [-0.25, -0.2) is 27.1 Å². The molecule has 0 aromatic heterocycles. The monoisotopic (exact) mass is 439 g/mol. The summed E-state index contributed by atoms with van der Waals surface area (Å²) >= 11 is 1.52. The van der Waals surface area contributed by atoms with E-state index in [0.717, 1.165) is 31.2 Å². The Bertz CT molecular complexity index is 1040. The van der Waals surface area contributed by atoms with Gasteiger partial charge in [-0.15, -0.1) is 11.8 Å². The quantitative estimate of drug-likeness (QED) is 0.715. The topological polar surface area (TPSA) is 98.8 Å². The second-order valence-electron chi connectivity index (χ2n) is 6.22. The van der Waals surface area contributed by atoms with Crippen molar-refractivity contribution in [3.63, 3.8) is 0 Å². The maximum absolute atomic E-state index is 13.7. The van der Waals surface area contributed by atoms with Crippen molar-refractivity contribution in [2.45, 2.75) is 22.3 Å². The van der Waals surface area contributed by atoms with Crippen LogP contribution in [0.25, 0.3) is 0 Å². The zero-order chi connectivity index (χ0) is 21.2. The van der Waals surface area contributed by atoms with Gasteiger partial charge < -0.3 is 9.47 Å². The summed E-state index contributed by atoms with van der Waals surface area (Å²) in [4.78, 5) is 24.3. The summed E-state index contributed by atoms with van der Waals surface area (Å²) in [7, 11) is -1.85. The molecule has 0 unspecified atom stereocenters. The molecule has 1 atom stereocenters. The van der Waals surface area contributed by atoms with Gasteiger partial charge in [0.25, 0.3) is 0 Å². The Labute approximate surface area is 171 Å². The van der Waals surface area contributed by atoms with Crippen LogP contribution >= 0.6 is 11.8 Å². The summed E-state index contributed by atoms with van der Waals surface area (Å²) in [6.45, 7) is 0. The molecule has 154 valence electrons. The summed E-state index contributed by atoms with van der Waals surface area (Å²) in [6, 6.07) is 7.03. The van der Waals surface area contributed by atoms with Crippen molar-refractivity contribution in [2.24, 2.45) is 0 Å². The highest BCUT2D eigenvalue weighted by molar-refractivity contribution is 7.99. The molecular formula is C19H18FNO6S2. The molecule has 0 spiro atoms. The second kappa shape index (κ2) is 8.52. The van der Waals surface area contributed by atoms with Gasteiger partial charge in [-0.3, -0.25) is 0 Å². The Morgan fingerprint density at radius 1 is 1.07 bits per heavy atom. The van der Waals surface area contributed by atoms with Gasteiger partial charge in [0.15, 0.2) is 0 Å². The number of thioether (sulfide) groups is 1. The number of hydrogen-bond donors (Lipinski definition) is 1. The highest BCUT2D eigenvalue weighted by Gasteiger charge is 2.28. The number of carbonyl (C=O) groups is 2. The van der Waals surface area contributed by atoms with Crippen LogP contribution in [0.5, 0.6) is 0 Å². The smallest absolute Gasteiger partial charge is 0.337 e. The minimum atomic E-state index is -4.14. The maximum atomic E-state index is 13.7. The van der Waals surface area contributed by atoms with Crippen LogP contribution in [0.2, 0.25) is 0 Å². The summed E-state index contributed by atoms with van der Waals surface area (Å²) in [5.41, 5.74) is 0.324. The SMILES string of the molecule is COC(=O)c1cc(C(=O)OC)cc(S(=O)(=O)N[C@@H]2CCSc3ccc(F)cc32)c1. The molecule has 7 nitrogen and oxygen atoms in total. The normalized spacial score (nSPS) is 16.0. The number of sulfonamides is 1. The number of nitrogens with one attached hydrogen (secondary N) is 1. The van der Waals surface area contributed by atoms with E-state index in [1.807, 2.05) is 0 Å². The molecule has 2 aromatic rings. The fourth-order valence-electron chi connectivity index (χ4n) is 2.97. The number of carbonyl (C=O) groups excluding carboxylic acids is 2. The fourth-order valence-corrected chi connectivity index (χ4v) is 5.39. The van der Waals surface area contributed by atoms with E-state index < -0.39 is 33.8 Å². The van der Waals surface area contributed by atoms with Crippen molar-refractivity contribution < 1.29 is 31.9 Å². The van der Waals surface area contributed by atoms with Crippen molar-refractivity contribution in [3.05, 3.63) is 58.9 Å². The minimum Gasteiger partial charge on any atom is -0.465 e. The maximum Gasteiger partial charge on any atom is 0.337 e. The Hall–Kier alpha value is -2.43. The van der Waals surface area contributed by atoms with Gasteiger partial charge >= 0.3 is 11.9 Å².